The minimum Gasteiger partial charge on any atom is -0.338 e. The van der Waals surface area contributed by atoms with Crippen molar-refractivity contribution in [2.75, 3.05) is 0 Å². The van der Waals surface area contributed by atoms with Crippen LogP contribution in [0.2, 0.25) is 0 Å². The first-order valence-electron chi connectivity index (χ1n) is 9.00. The lowest BCUT2D eigenvalue weighted by Gasteiger charge is -2.34. The van der Waals surface area contributed by atoms with Crippen LogP contribution in [0.15, 0.2) is 53.3 Å². The number of pyridine rings is 1. The number of rotatable bonds is 4. The largest absolute Gasteiger partial charge is 0.338 e. The van der Waals surface area contributed by atoms with Gasteiger partial charge >= 0.3 is 0 Å². The Hall–Kier alpha value is -3.09. The maximum Gasteiger partial charge on any atom is 0.255 e. The van der Waals surface area contributed by atoms with Gasteiger partial charge in [0.05, 0.1) is 5.56 Å². The molecule has 1 aliphatic carbocycles. The average molecular weight is 366 g/mol. The summed E-state index contributed by atoms with van der Waals surface area (Å²) < 4.78 is 19.6. The molecule has 4 rings (SSSR count). The van der Waals surface area contributed by atoms with E-state index >= 15 is 0 Å². The van der Waals surface area contributed by atoms with Gasteiger partial charge in [0, 0.05) is 18.0 Å². The second-order valence-corrected chi connectivity index (χ2v) is 6.74. The first-order valence-corrected chi connectivity index (χ1v) is 9.00. The van der Waals surface area contributed by atoms with Crippen LogP contribution < -0.4 is 5.32 Å². The van der Waals surface area contributed by atoms with Crippen LogP contribution in [-0.4, -0.2) is 21.0 Å². The summed E-state index contributed by atoms with van der Waals surface area (Å²) in [6.07, 6.45) is 7.57. The van der Waals surface area contributed by atoms with Crippen LogP contribution in [0, 0.1) is 5.82 Å². The van der Waals surface area contributed by atoms with Gasteiger partial charge in [-0.1, -0.05) is 36.6 Å². The number of hydrogen-bond donors (Lipinski definition) is 1. The van der Waals surface area contributed by atoms with Gasteiger partial charge in [-0.15, -0.1) is 0 Å². The van der Waals surface area contributed by atoms with E-state index in [0.717, 1.165) is 24.8 Å². The van der Waals surface area contributed by atoms with Gasteiger partial charge < -0.3 is 9.84 Å². The van der Waals surface area contributed by atoms with E-state index in [4.69, 9.17) is 4.52 Å². The van der Waals surface area contributed by atoms with Gasteiger partial charge in [0.25, 0.3) is 11.8 Å². The molecule has 27 heavy (non-hydrogen) atoms. The monoisotopic (exact) mass is 366 g/mol. The van der Waals surface area contributed by atoms with Crippen molar-refractivity contribution in [3.8, 4) is 11.4 Å². The lowest BCUT2D eigenvalue weighted by atomic mass is 9.81. The van der Waals surface area contributed by atoms with Gasteiger partial charge in [0.2, 0.25) is 5.82 Å². The van der Waals surface area contributed by atoms with Crippen LogP contribution >= 0.6 is 0 Å². The Labute approximate surface area is 155 Å². The molecule has 0 saturated heterocycles. The lowest BCUT2D eigenvalue weighted by Crippen LogP contribution is -2.47. The average Bonchev–Trinajstić information content (AvgIpc) is 3.21. The normalized spacial score (nSPS) is 16.0. The predicted molar refractivity (Wildman–Crippen MR) is 96.2 cm³/mol. The number of benzene rings is 1. The summed E-state index contributed by atoms with van der Waals surface area (Å²) in [7, 11) is 0. The second-order valence-electron chi connectivity index (χ2n) is 6.74. The van der Waals surface area contributed by atoms with Crippen LogP contribution in [-0.2, 0) is 5.54 Å². The molecular formula is C20H19FN4O2. The Kier molecular flexibility index (Phi) is 4.66. The molecule has 2 heterocycles. The number of aromatic nitrogens is 3. The van der Waals surface area contributed by atoms with Crippen molar-refractivity contribution in [1.82, 2.24) is 20.4 Å². The van der Waals surface area contributed by atoms with Gasteiger partial charge in [0.1, 0.15) is 11.4 Å². The van der Waals surface area contributed by atoms with Crippen LogP contribution in [0.4, 0.5) is 4.39 Å². The molecule has 0 aliphatic heterocycles. The van der Waals surface area contributed by atoms with E-state index in [0.29, 0.717) is 24.6 Å². The molecule has 7 heteroatoms. The van der Waals surface area contributed by atoms with E-state index in [2.05, 4.69) is 20.4 Å². The molecule has 138 valence electrons. The summed E-state index contributed by atoms with van der Waals surface area (Å²) in [5.74, 6) is -0.223. The molecule has 1 N–H and O–H groups in total. The van der Waals surface area contributed by atoms with Crippen LogP contribution in [0.1, 0.15) is 48.4 Å². The lowest BCUT2D eigenvalue weighted by molar-refractivity contribution is 0.0820. The molecule has 0 atom stereocenters. The maximum absolute atomic E-state index is 14.0. The highest BCUT2D eigenvalue weighted by molar-refractivity contribution is 5.95. The molecule has 0 unspecified atom stereocenters. The fraction of sp³-hybridized carbons (Fsp3) is 0.300. The highest BCUT2D eigenvalue weighted by Crippen LogP contribution is 2.37. The zero-order chi connectivity index (χ0) is 18.7. The molecule has 0 bridgehead atoms. The number of halogens is 1. The van der Waals surface area contributed by atoms with Crippen molar-refractivity contribution < 1.29 is 13.7 Å². The molecule has 1 saturated carbocycles. The number of amides is 1. The number of hydrogen-bond acceptors (Lipinski definition) is 5. The Balaban J connectivity index is 1.66. The van der Waals surface area contributed by atoms with Crippen LogP contribution in [0.5, 0.6) is 0 Å². The minimum atomic E-state index is -0.782. The Bertz CT molecular complexity index is 936. The van der Waals surface area contributed by atoms with Crippen molar-refractivity contribution in [3.63, 3.8) is 0 Å². The molecule has 1 amide bonds. The van der Waals surface area contributed by atoms with Gasteiger partial charge in [0.15, 0.2) is 0 Å². The summed E-state index contributed by atoms with van der Waals surface area (Å²) >= 11 is 0. The van der Waals surface area contributed by atoms with E-state index in [1.807, 2.05) is 0 Å². The number of nitrogens with one attached hydrogen (secondary N) is 1. The zero-order valence-electron chi connectivity index (χ0n) is 14.7. The quantitative estimate of drug-likeness (QED) is 0.758. The molecule has 6 nitrogen and oxygen atoms in total. The molecule has 1 fully saturated rings. The molecule has 3 aromatic rings. The molecule has 1 aliphatic rings. The maximum atomic E-state index is 14.0. The third-order valence-corrected chi connectivity index (χ3v) is 4.95. The SMILES string of the molecule is O=C(NC1(c2nc(-c3ccncc3)no2)CCCCC1)c1ccccc1F. The Morgan fingerprint density at radius 1 is 1.07 bits per heavy atom. The topological polar surface area (TPSA) is 80.9 Å². The Morgan fingerprint density at radius 3 is 2.56 bits per heavy atom. The molecule has 0 radical (unpaired) electrons. The third kappa shape index (κ3) is 3.45. The smallest absolute Gasteiger partial charge is 0.255 e. The predicted octanol–water partition coefficient (Wildman–Crippen LogP) is 3.86. The number of nitrogens with zero attached hydrogens (tertiary/aromatic N) is 3. The summed E-state index contributed by atoms with van der Waals surface area (Å²) in [6, 6.07) is 9.52. The molecule has 1 aromatic carbocycles. The Morgan fingerprint density at radius 2 is 1.81 bits per heavy atom. The van der Waals surface area contributed by atoms with Crippen molar-refractivity contribution >= 4 is 5.91 Å². The summed E-state index contributed by atoms with van der Waals surface area (Å²) in [6.45, 7) is 0. The number of carbonyl (C=O) groups is 1. The highest BCUT2D eigenvalue weighted by atomic mass is 19.1. The van der Waals surface area contributed by atoms with Gasteiger partial charge in [-0.2, -0.15) is 4.98 Å². The van der Waals surface area contributed by atoms with E-state index in [-0.39, 0.29) is 5.56 Å². The zero-order valence-corrected chi connectivity index (χ0v) is 14.7. The van der Waals surface area contributed by atoms with E-state index < -0.39 is 17.3 Å². The first-order chi connectivity index (χ1) is 13.2. The molecular weight excluding hydrogens is 347 g/mol. The van der Waals surface area contributed by atoms with E-state index in [1.165, 1.54) is 12.1 Å². The fourth-order valence-corrected chi connectivity index (χ4v) is 3.51. The van der Waals surface area contributed by atoms with Crippen LogP contribution in [0.25, 0.3) is 11.4 Å². The third-order valence-electron chi connectivity index (χ3n) is 4.95. The summed E-state index contributed by atoms with van der Waals surface area (Å²) in [5, 5.41) is 7.05. The van der Waals surface area contributed by atoms with E-state index in [9.17, 15) is 9.18 Å². The fourth-order valence-electron chi connectivity index (χ4n) is 3.51. The van der Waals surface area contributed by atoms with Crippen LogP contribution in [0.3, 0.4) is 0 Å². The summed E-state index contributed by atoms with van der Waals surface area (Å²) in [5.41, 5.74) is 0.0123. The first kappa shape index (κ1) is 17.3. The molecule has 2 aromatic heterocycles. The van der Waals surface area contributed by atoms with Crippen molar-refractivity contribution in [2.24, 2.45) is 0 Å². The highest BCUT2D eigenvalue weighted by Gasteiger charge is 2.41. The van der Waals surface area contributed by atoms with Crippen molar-refractivity contribution in [2.45, 2.75) is 37.6 Å². The number of carbonyl (C=O) groups excluding carboxylic acids is 1. The summed E-state index contributed by atoms with van der Waals surface area (Å²) in [4.78, 5) is 21.3. The van der Waals surface area contributed by atoms with Gasteiger partial charge in [-0.25, -0.2) is 4.39 Å². The van der Waals surface area contributed by atoms with Crippen molar-refractivity contribution in [3.05, 3.63) is 66.1 Å². The van der Waals surface area contributed by atoms with Crippen molar-refractivity contribution in [1.29, 1.82) is 0 Å². The minimum absolute atomic E-state index is 0.0105. The second kappa shape index (κ2) is 7.26. The van der Waals surface area contributed by atoms with Gasteiger partial charge in [-0.05, 0) is 37.1 Å². The van der Waals surface area contributed by atoms with E-state index in [1.54, 1.807) is 36.7 Å². The van der Waals surface area contributed by atoms with Gasteiger partial charge in [-0.3, -0.25) is 9.78 Å². The molecule has 0 spiro atoms. The standard InChI is InChI=1S/C20H19FN4O2/c21-16-7-3-2-6-15(16)18(26)24-20(10-4-1-5-11-20)19-23-17(25-27-19)14-8-12-22-13-9-14/h2-3,6-9,12-13H,1,4-5,10-11H2,(H,24,26).